The highest BCUT2D eigenvalue weighted by molar-refractivity contribution is 5.85. The number of nitrogens with two attached hydrogens (primary N) is 1. The molecule has 3 nitrogen and oxygen atoms in total. The highest BCUT2D eigenvalue weighted by Gasteiger charge is 1.89. The van der Waals surface area contributed by atoms with E-state index in [-0.39, 0.29) is 12.4 Å². The second-order valence-corrected chi connectivity index (χ2v) is 1.57. The molecule has 0 amide bonds. The second-order valence-electron chi connectivity index (χ2n) is 1.57. The van der Waals surface area contributed by atoms with E-state index in [1.165, 1.54) is 0 Å². The second kappa shape index (κ2) is 3.35. The molecule has 4 heteroatoms. The van der Waals surface area contributed by atoms with Crippen molar-refractivity contribution in [1.82, 2.24) is 9.55 Å². The van der Waals surface area contributed by atoms with Crippen molar-refractivity contribution in [2.24, 2.45) is 0 Å². The van der Waals surface area contributed by atoms with E-state index < -0.39 is 0 Å². The average Bonchev–Trinajstić information content (AvgIpc) is 2.14. The van der Waals surface area contributed by atoms with E-state index in [0.29, 0.717) is 5.95 Å². The number of anilines is 1. The first-order valence-corrected chi connectivity index (χ1v) is 2.61. The Labute approximate surface area is 60.3 Å². The van der Waals surface area contributed by atoms with Crippen molar-refractivity contribution in [3.05, 3.63) is 12.4 Å². The Balaban J connectivity index is 0.000000640. The van der Waals surface area contributed by atoms with Gasteiger partial charge in [0, 0.05) is 18.9 Å². The van der Waals surface area contributed by atoms with Crippen molar-refractivity contribution in [3.8, 4) is 0 Å². The van der Waals surface area contributed by atoms with Crippen molar-refractivity contribution in [2.45, 2.75) is 13.5 Å². The fourth-order valence-corrected chi connectivity index (χ4v) is 0.608. The summed E-state index contributed by atoms with van der Waals surface area (Å²) in [6.45, 7) is 2.92. The summed E-state index contributed by atoms with van der Waals surface area (Å²) in [5, 5.41) is 0. The van der Waals surface area contributed by atoms with Gasteiger partial charge in [-0.3, -0.25) is 0 Å². The Morgan fingerprint density at radius 1 is 1.78 bits per heavy atom. The summed E-state index contributed by atoms with van der Waals surface area (Å²) in [4.78, 5) is 3.83. The standard InChI is InChI=1S/C5H9N3.ClH/c1-2-8-4-3-7-5(8)6;/h3-4H,2H2,1H3,(H2,6,7);1H. The molecule has 1 aromatic heterocycles. The largest absolute Gasteiger partial charge is 0.369 e. The van der Waals surface area contributed by atoms with Crippen molar-refractivity contribution < 1.29 is 0 Å². The highest BCUT2D eigenvalue weighted by atomic mass is 35.5. The molecule has 0 aromatic carbocycles. The molecule has 1 aromatic rings. The lowest BCUT2D eigenvalue weighted by Crippen LogP contribution is -1.98. The summed E-state index contributed by atoms with van der Waals surface area (Å²) in [5.41, 5.74) is 5.40. The van der Waals surface area contributed by atoms with Gasteiger partial charge in [0.2, 0.25) is 0 Å². The number of nitrogen functional groups attached to an aromatic ring is 1. The molecule has 2 N–H and O–H groups in total. The molecule has 0 aliphatic carbocycles. The van der Waals surface area contributed by atoms with E-state index in [2.05, 4.69) is 4.98 Å². The minimum absolute atomic E-state index is 0. The van der Waals surface area contributed by atoms with Crippen LogP contribution >= 0.6 is 12.4 Å². The van der Waals surface area contributed by atoms with Gasteiger partial charge < -0.3 is 10.3 Å². The van der Waals surface area contributed by atoms with Gasteiger partial charge in [-0.15, -0.1) is 12.4 Å². The van der Waals surface area contributed by atoms with Crippen molar-refractivity contribution in [3.63, 3.8) is 0 Å². The van der Waals surface area contributed by atoms with Crippen LogP contribution < -0.4 is 5.73 Å². The zero-order chi connectivity index (χ0) is 5.98. The topological polar surface area (TPSA) is 43.8 Å². The van der Waals surface area contributed by atoms with E-state index in [4.69, 9.17) is 5.73 Å². The van der Waals surface area contributed by atoms with Crippen LogP contribution in [0, 0.1) is 0 Å². The first kappa shape index (κ1) is 8.30. The summed E-state index contributed by atoms with van der Waals surface area (Å²) in [7, 11) is 0. The Bertz CT molecular complexity index is 172. The molecular formula is C5H10ClN3. The monoisotopic (exact) mass is 147 g/mol. The summed E-state index contributed by atoms with van der Waals surface area (Å²) in [5.74, 6) is 0.590. The molecule has 0 unspecified atom stereocenters. The van der Waals surface area contributed by atoms with Gasteiger partial charge in [-0.2, -0.15) is 0 Å². The molecule has 0 fully saturated rings. The number of halogens is 1. The average molecular weight is 148 g/mol. The SMILES string of the molecule is CCn1ccnc1N.Cl. The van der Waals surface area contributed by atoms with Crippen LogP contribution in [0.4, 0.5) is 5.95 Å². The maximum absolute atomic E-state index is 5.40. The minimum Gasteiger partial charge on any atom is -0.369 e. The smallest absolute Gasteiger partial charge is 0.200 e. The maximum atomic E-state index is 5.40. The molecule has 0 radical (unpaired) electrons. The third kappa shape index (κ3) is 1.61. The quantitative estimate of drug-likeness (QED) is 0.642. The lowest BCUT2D eigenvalue weighted by molar-refractivity contribution is 0.774. The lowest BCUT2D eigenvalue weighted by Gasteiger charge is -1.94. The normalized spacial score (nSPS) is 8.56. The summed E-state index contributed by atoms with van der Waals surface area (Å²) < 4.78 is 1.88. The predicted octanol–water partition coefficient (Wildman–Crippen LogP) is 0.907. The van der Waals surface area contributed by atoms with Gasteiger partial charge in [0.1, 0.15) is 0 Å². The minimum atomic E-state index is 0. The Kier molecular flexibility index (Phi) is 3.09. The maximum Gasteiger partial charge on any atom is 0.200 e. The number of hydrogen-bond donors (Lipinski definition) is 1. The van der Waals surface area contributed by atoms with Crippen LogP contribution in [0.15, 0.2) is 12.4 Å². The zero-order valence-electron chi connectivity index (χ0n) is 5.24. The van der Waals surface area contributed by atoms with Gasteiger partial charge in [-0.25, -0.2) is 4.98 Å². The molecule has 0 saturated heterocycles. The third-order valence-electron chi connectivity index (χ3n) is 1.09. The molecule has 9 heavy (non-hydrogen) atoms. The van der Waals surface area contributed by atoms with E-state index in [1.54, 1.807) is 6.20 Å². The summed E-state index contributed by atoms with van der Waals surface area (Å²) >= 11 is 0. The van der Waals surface area contributed by atoms with Crippen LogP contribution in [-0.2, 0) is 6.54 Å². The van der Waals surface area contributed by atoms with Crippen LogP contribution in [-0.4, -0.2) is 9.55 Å². The number of imidazole rings is 1. The molecule has 0 aliphatic heterocycles. The first-order valence-electron chi connectivity index (χ1n) is 2.61. The lowest BCUT2D eigenvalue weighted by atomic mass is 10.7. The van der Waals surface area contributed by atoms with Crippen LogP contribution in [0.1, 0.15) is 6.92 Å². The van der Waals surface area contributed by atoms with E-state index in [0.717, 1.165) is 6.54 Å². The molecule has 0 bridgehead atoms. The molecule has 0 saturated carbocycles. The van der Waals surface area contributed by atoms with Gasteiger partial charge in [0.05, 0.1) is 0 Å². The van der Waals surface area contributed by atoms with Crippen molar-refractivity contribution >= 4 is 18.4 Å². The van der Waals surface area contributed by atoms with Crippen LogP contribution in [0.3, 0.4) is 0 Å². The predicted molar refractivity (Wildman–Crippen MR) is 39.6 cm³/mol. The summed E-state index contributed by atoms with van der Waals surface area (Å²) in [6.07, 6.45) is 3.55. The van der Waals surface area contributed by atoms with Crippen LogP contribution in [0.25, 0.3) is 0 Å². The Morgan fingerprint density at radius 2 is 2.44 bits per heavy atom. The van der Waals surface area contributed by atoms with E-state index in [1.807, 2.05) is 17.7 Å². The number of hydrogen-bond acceptors (Lipinski definition) is 2. The van der Waals surface area contributed by atoms with Crippen molar-refractivity contribution in [2.75, 3.05) is 5.73 Å². The molecule has 0 spiro atoms. The fraction of sp³-hybridized carbons (Fsp3) is 0.400. The molecule has 1 rings (SSSR count). The van der Waals surface area contributed by atoms with Gasteiger partial charge in [-0.1, -0.05) is 0 Å². The summed E-state index contributed by atoms with van der Waals surface area (Å²) in [6, 6.07) is 0. The fourth-order valence-electron chi connectivity index (χ4n) is 0.608. The molecule has 0 atom stereocenters. The molecular weight excluding hydrogens is 138 g/mol. The highest BCUT2D eigenvalue weighted by Crippen LogP contribution is 1.95. The van der Waals surface area contributed by atoms with Crippen LogP contribution in [0.5, 0.6) is 0 Å². The number of aromatic nitrogens is 2. The van der Waals surface area contributed by atoms with E-state index >= 15 is 0 Å². The molecule has 52 valence electrons. The first-order chi connectivity index (χ1) is 3.84. The Hall–Kier alpha value is -0.700. The van der Waals surface area contributed by atoms with Gasteiger partial charge in [0.25, 0.3) is 0 Å². The zero-order valence-corrected chi connectivity index (χ0v) is 6.06. The van der Waals surface area contributed by atoms with Gasteiger partial charge >= 0.3 is 0 Å². The Morgan fingerprint density at radius 3 is 2.67 bits per heavy atom. The van der Waals surface area contributed by atoms with Crippen molar-refractivity contribution in [1.29, 1.82) is 0 Å². The van der Waals surface area contributed by atoms with Gasteiger partial charge in [0.15, 0.2) is 5.95 Å². The van der Waals surface area contributed by atoms with Gasteiger partial charge in [-0.05, 0) is 6.92 Å². The third-order valence-corrected chi connectivity index (χ3v) is 1.09. The number of nitrogens with zero attached hydrogens (tertiary/aromatic N) is 2. The number of rotatable bonds is 1. The molecule has 1 heterocycles. The molecule has 0 aliphatic rings. The van der Waals surface area contributed by atoms with Crippen LogP contribution in [0.2, 0.25) is 0 Å². The van der Waals surface area contributed by atoms with E-state index in [9.17, 15) is 0 Å². The number of aryl methyl sites for hydroxylation is 1.